The van der Waals surface area contributed by atoms with E-state index in [0.717, 1.165) is 23.2 Å². The number of rotatable bonds is 9. The van der Waals surface area contributed by atoms with Gasteiger partial charge in [-0.25, -0.2) is 0 Å². The second-order valence-electron chi connectivity index (χ2n) is 5.96. The number of hydrogen-bond donors (Lipinski definition) is 1. The molecular weight excluding hydrogens is 348 g/mol. The first-order valence-corrected chi connectivity index (χ1v) is 9.49. The van der Waals surface area contributed by atoms with Crippen LogP contribution in [0.3, 0.4) is 0 Å². The zero-order valence-electron chi connectivity index (χ0n) is 14.7. The Kier molecular flexibility index (Phi) is 6.12. The third-order valence-corrected chi connectivity index (χ3v) is 5.48. The maximum Gasteiger partial charge on any atom is 0.217 e. The molecule has 3 rings (SSSR count). The Morgan fingerprint density at radius 2 is 2.04 bits per heavy atom. The molecule has 0 saturated carbocycles. The van der Waals surface area contributed by atoms with Crippen molar-refractivity contribution in [1.29, 1.82) is 0 Å². The largest absolute Gasteiger partial charge is 0.467 e. The molecule has 7 heteroatoms. The van der Waals surface area contributed by atoms with Gasteiger partial charge in [0, 0.05) is 18.1 Å². The Morgan fingerprint density at radius 3 is 2.69 bits per heavy atom. The predicted octanol–water partition coefficient (Wildman–Crippen LogP) is 3.58. The second-order valence-corrected chi connectivity index (χ2v) is 7.13. The third kappa shape index (κ3) is 4.54. The van der Waals surface area contributed by atoms with E-state index in [9.17, 15) is 4.79 Å². The molecule has 1 amide bonds. The topological polar surface area (TPSA) is 86.9 Å². The maximum atomic E-state index is 11.2. The van der Waals surface area contributed by atoms with Crippen LogP contribution in [0.4, 0.5) is 0 Å². The molecule has 1 unspecified atom stereocenters. The van der Waals surface area contributed by atoms with E-state index in [4.69, 9.17) is 10.2 Å². The van der Waals surface area contributed by atoms with Crippen molar-refractivity contribution < 1.29 is 9.21 Å². The van der Waals surface area contributed by atoms with Crippen LogP contribution >= 0.6 is 11.8 Å². The van der Waals surface area contributed by atoms with Crippen LogP contribution in [0.25, 0.3) is 0 Å². The number of aryl methyl sites for hydroxylation is 1. The van der Waals surface area contributed by atoms with Crippen LogP contribution in [0.5, 0.6) is 0 Å². The minimum atomic E-state index is -0.345. The lowest BCUT2D eigenvalue weighted by Gasteiger charge is -2.15. The van der Waals surface area contributed by atoms with Gasteiger partial charge in [0.25, 0.3) is 0 Å². The minimum absolute atomic E-state index is 0.247. The summed E-state index contributed by atoms with van der Waals surface area (Å²) >= 11 is 1.68. The Balaban J connectivity index is 1.86. The zero-order valence-corrected chi connectivity index (χ0v) is 15.5. The SMILES string of the molecule is CCC(Sc1nnc(CCC(N)=O)n1Cc1ccco1)c1ccccc1. The predicted molar refractivity (Wildman–Crippen MR) is 101 cm³/mol. The molecule has 3 aromatic rings. The Morgan fingerprint density at radius 1 is 1.23 bits per heavy atom. The summed E-state index contributed by atoms with van der Waals surface area (Å²) in [6.45, 7) is 2.69. The van der Waals surface area contributed by atoms with E-state index < -0.39 is 0 Å². The van der Waals surface area contributed by atoms with Gasteiger partial charge in [0.05, 0.1) is 12.8 Å². The molecule has 136 valence electrons. The molecule has 0 radical (unpaired) electrons. The minimum Gasteiger partial charge on any atom is -0.467 e. The molecule has 0 aliphatic rings. The second kappa shape index (κ2) is 8.71. The number of thioether (sulfide) groups is 1. The van der Waals surface area contributed by atoms with Crippen molar-refractivity contribution in [1.82, 2.24) is 14.8 Å². The normalized spacial score (nSPS) is 12.2. The number of nitrogens with two attached hydrogens (primary N) is 1. The van der Waals surface area contributed by atoms with Gasteiger partial charge in [0.15, 0.2) is 5.16 Å². The molecule has 2 N–H and O–H groups in total. The fourth-order valence-corrected chi connectivity index (χ4v) is 3.82. The van der Waals surface area contributed by atoms with Crippen LogP contribution in [0.15, 0.2) is 58.3 Å². The van der Waals surface area contributed by atoms with Crippen molar-refractivity contribution in [3.05, 3.63) is 65.9 Å². The first kappa shape index (κ1) is 18.3. The molecule has 2 aromatic heterocycles. The number of nitrogens with zero attached hydrogens (tertiary/aromatic N) is 3. The van der Waals surface area contributed by atoms with Crippen LogP contribution in [0.2, 0.25) is 0 Å². The van der Waals surface area contributed by atoms with Gasteiger partial charge in [-0.05, 0) is 24.1 Å². The van der Waals surface area contributed by atoms with Gasteiger partial charge in [-0.1, -0.05) is 49.0 Å². The van der Waals surface area contributed by atoms with Crippen LogP contribution in [-0.4, -0.2) is 20.7 Å². The molecule has 26 heavy (non-hydrogen) atoms. The van der Waals surface area contributed by atoms with Gasteiger partial charge < -0.3 is 10.2 Å². The number of primary amides is 1. The molecule has 0 spiro atoms. The number of carbonyl (C=O) groups is 1. The highest BCUT2D eigenvalue weighted by molar-refractivity contribution is 7.99. The van der Waals surface area contributed by atoms with Crippen molar-refractivity contribution in [3.63, 3.8) is 0 Å². The van der Waals surface area contributed by atoms with Crippen molar-refractivity contribution in [3.8, 4) is 0 Å². The highest BCUT2D eigenvalue weighted by Crippen LogP contribution is 2.37. The van der Waals surface area contributed by atoms with E-state index in [0.29, 0.717) is 13.0 Å². The molecule has 1 aromatic carbocycles. The molecule has 6 nitrogen and oxygen atoms in total. The van der Waals surface area contributed by atoms with Crippen molar-refractivity contribution in [2.75, 3.05) is 0 Å². The third-order valence-electron chi connectivity index (χ3n) is 4.07. The Bertz CT molecular complexity index is 831. The van der Waals surface area contributed by atoms with Crippen LogP contribution in [0.1, 0.15) is 42.2 Å². The van der Waals surface area contributed by atoms with Gasteiger partial charge in [0.1, 0.15) is 11.6 Å². The van der Waals surface area contributed by atoms with Gasteiger partial charge in [-0.2, -0.15) is 0 Å². The summed E-state index contributed by atoms with van der Waals surface area (Å²) in [5.74, 6) is 1.22. The Labute approximate surface area is 156 Å². The molecule has 2 heterocycles. The van der Waals surface area contributed by atoms with Crippen molar-refractivity contribution in [2.24, 2.45) is 5.73 Å². The number of hydrogen-bond acceptors (Lipinski definition) is 5. The number of benzene rings is 1. The van der Waals surface area contributed by atoms with E-state index in [1.54, 1.807) is 18.0 Å². The van der Waals surface area contributed by atoms with E-state index in [1.807, 2.05) is 34.9 Å². The summed E-state index contributed by atoms with van der Waals surface area (Å²) in [6, 6.07) is 14.1. The number of aromatic nitrogens is 3. The zero-order chi connectivity index (χ0) is 18.4. The molecule has 0 aliphatic carbocycles. The summed E-state index contributed by atoms with van der Waals surface area (Å²) in [5.41, 5.74) is 6.55. The highest BCUT2D eigenvalue weighted by atomic mass is 32.2. The number of furan rings is 1. The molecule has 0 bridgehead atoms. The van der Waals surface area contributed by atoms with E-state index in [-0.39, 0.29) is 17.6 Å². The standard InChI is InChI=1S/C19H22N4O2S/c1-2-16(14-7-4-3-5-8-14)26-19-22-21-18(11-10-17(20)24)23(19)13-15-9-6-12-25-15/h3-9,12,16H,2,10-11,13H2,1H3,(H2,20,24). The van der Waals surface area contributed by atoms with E-state index >= 15 is 0 Å². The summed E-state index contributed by atoms with van der Waals surface area (Å²) in [6.07, 6.45) is 3.33. The van der Waals surface area contributed by atoms with Gasteiger partial charge in [0.2, 0.25) is 5.91 Å². The highest BCUT2D eigenvalue weighted by Gasteiger charge is 2.19. The van der Waals surface area contributed by atoms with E-state index in [2.05, 4.69) is 29.3 Å². The lowest BCUT2D eigenvalue weighted by molar-refractivity contribution is -0.118. The van der Waals surface area contributed by atoms with Crippen LogP contribution < -0.4 is 5.73 Å². The molecule has 0 aliphatic heterocycles. The van der Waals surface area contributed by atoms with Crippen LogP contribution in [-0.2, 0) is 17.8 Å². The quantitative estimate of drug-likeness (QED) is 0.582. The molecular formula is C19H22N4O2S. The molecule has 1 atom stereocenters. The number of carbonyl (C=O) groups excluding carboxylic acids is 1. The lowest BCUT2D eigenvalue weighted by atomic mass is 10.1. The number of amides is 1. The Hall–Kier alpha value is -2.54. The summed E-state index contributed by atoms with van der Waals surface area (Å²) in [5, 5.41) is 9.76. The van der Waals surface area contributed by atoms with Gasteiger partial charge in [-0.3, -0.25) is 9.36 Å². The summed E-state index contributed by atoms with van der Waals surface area (Å²) in [4.78, 5) is 11.2. The fourth-order valence-electron chi connectivity index (χ4n) is 2.73. The first-order chi connectivity index (χ1) is 12.7. The smallest absolute Gasteiger partial charge is 0.217 e. The van der Waals surface area contributed by atoms with Crippen molar-refractivity contribution in [2.45, 2.75) is 43.1 Å². The fraction of sp³-hybridized carbons (Fsp3) is 0.316. The average molecular weight is 370 g/mol. The first-order valence-electron chi connectivity index (χ1n) is 8.61. The summed E-state index contributed by atoms with van der Waals surface area (Å²) in [7, 11) is 0. The monoisotopic (exact) mass is 370 g/mol. The summed E-state index contributed by atoms with van der Waals surface area (Å²) < 4.78 is 7.49. The van der Waals surface area contributed by atoms with Crippen LogP contribution in [0, 0.1) is 0 Å². The van der Waals surface area contributed by atoms with Crippen molar-refractivity contribution >= 4 is 17.7 Å². The molecule has 0 saturated heterocycles. The molecule has 0 fully saturated rings. The maximum absolute atomic E-state index is 11.2. The van der Waals surface area contributed by atoms with E-state index in [1.165, 1.54) is 5.56 Å². The average Bonchev–Trinajstić information content (AvgIpc) is 3.29. The van der Waals surface area contributed by atoms with Gasteiger partial charge >= 0.3 is 0 Å². The lowest BCUT2D eigenvalue weighted by Crippen LogP contribution is -2.14. The van der Waals surface area contributed by atoms with Gasteiger partial charge in [-0.15, -0.1) is 10.2 Å².